The zero-order valence-corrected chi connectivity index (χ0v) is 11.4. The summed E-state index contributed by atoms with van der Waals surface area (Å²) in [7, 11) is 1.37. The van der Waals surface area contributed by atoms with Crippen LogP contribution in [0.5, 0.6) is 0 Å². The van der Waals surface area contributed by atoms with E-state index in [0.717, 1.165) is 26.0 Å². The fourth-order valence-corrected chi connectivity index (χ4v) is 2.39. The van der Waals surface area contributed by atoms with Gasteiger partial charge in [0.1, 0.15) is 5.82 Å². The fraction of sp³-hybridized carbons (Fsp3) is 0.571. The van der Waals surface area contributed by atoms with E-state index in [9.17, 15) is 4.79 Å². The van der Waals surface area contributed by atoms with Gasteiger partial charge in [-0.2, -0.15) is 0 Å². The van der Waals surface area contributed by atoms with E-state index in [-0.39, 0.29) is 5.97 Å². The Balaban J connectivity index is 1.94. The van der Waals surface area contributed by atoms with Crippen molar-refractivity contribution >= 4 is 11.8 Å². The lowest BCUT2D eigenvalue weighted by atomic mass is 10.00. The summed E-state index contributed by atoms with van der Waals surface area (Å²) >= 11 is 0. The van der Waals surface area contributed by atoms with Crippen molar-refractivity contribution in [2.45, 2.75) is 25.9 Å². The van der Waals surface area contributed by atoms with Crippen LogP contribution in [-0.4, -0.2) is 37.3 Å². The van der Waals surface area contributed by atoms with Gasteiger partial charge < -0.3 is 14.8 Å². The second-order valence-electron chi connectivity index (χ2n) is 4.67. The summed E-state index contributed by atoms with van der Waals surface area (Å²) in [5, 5.41) is 3.27. The molecule has 0 saturated carbocycles. The topological polar surface area (TPSA) is 60.5 Å². The summed E-state index contributed by atoms with van der Waals surface area (Å²) in [6.45, 7) is 3.79. The Morgan fingerprint density at radius 3 is 3.21 bits per heavy atom. The number of anilines is 1. The average molecular weight is 264 g/mol. The number of aromatic nitrogens is 1. The molecule has 19 heavy (non-hydrogen) atoms. The molecule has 2 atom stereocenters. The Kier molecular flexibility index (Phi) is 4.74. The van der Waals surface area contributed by atoms with Crippen LogP contribution in [0, 0.1) is 5.92 Å². The van der Waals surface area contributed by atoms with Crippen molar-refractivity contribution in [3.63, 3.8) is 0 Å². The highest BCUT2D eigenvalue weighted by atomic mass is 16.5. The molecule has 0 radical (unpaired) electrons. The van der Waals surface area contributed by atoms with Gasteiger partial charge in [0.15, 0.2) is 0 Å². The summed E-state index contributed by atoms with van der Waals surface area (Å²) < 4.78 is 10.3. The van der Waals surface area contributed by atoms with E-state index >= 15 is 0 Å². The summed E-state index contributed by atoms with van der Waals surface area (Å²) in [5.74, 6) is 0.860. The Bertz CT molecular complexity index is 436. The van der Waals surface area contributed by atoms with Crippen molar-refractivity contribution < 1.29 is 14.3 Å². The lowest BCUT2D eigenvalue weighted by Gasteiger charge is -2.17. The molecule has 1 N–H and O–H groups in total. The van der Waals surface area contributed by atoms with Gasteiger partial charge in [-0.1, -0.05) is 6.92 Å². The first-order valence-electron chi connectivity index (χ1n) is 6.64. The zero-order valence-electron chi connectivity index (χ0n) is 11.4. The Hall–Kier alpha value is -1.62. The van der Waals surface area contributed by atoms with Crippen LogP contribution in [0.25, 0.3) is 0 Å². The SMILES string of the molecule is CCC1OCCC1CNc1cc(C(=O)OC)ccn1. The van der Waals surface area contributed by atoms with Crippen molar-refractivity contribution in [3.8, 4) is 0 Å². The van der Waals surface area contributed by atoms with Gasteiger partial charge in [0, 0.05) is 25.3 Å². The number of hydrogen-bond acceptors (Lipinski definition) is 5. The number of nitrogens with zero attached hydrogens (tertiary/aromatic N) is 1. The predicted octanol–water partition coefficient (Wildman–Crippen LogP) is 2.10. The van der Waals surface area contributed by atoms with E-state index in [1.807, 2.05) is 0 Å². The number of carbonyl (C=O) groups is 1. The molecule has 0 bridgehead atoms. The molecule has 0 spiro atoms. The lowest BCUT2D eigenvalue weighted by Crippen LogP contribution is -2.23. The van der Waals surface area contributed by atoms with E-state index in [0.29, 0.717) is 23.4 Å². The van der Waals surface area contributed by atoms with E-state index in [2.05, 4.69) is 22.0 Å². The van der Waals surface area contributed by atoms with Gasteiger partial charge in [0.05, 0.1) is 18.8 Å². The summed E-state index contributed by atoms with van der Waals surface area (Å²) in [6, 6.07) is 3.35. The third-order valence-corrected chi connectivity index (χ3v) is 3.48. The molecule has 1 aliphatic heterocycles. The fourth-order valence-electron chi connectivity index (χ4n) is 2.39. The largest absolute Gasteiger partial charge is 0.465 e. The maximum Gasteiger partial charge on any atom is 0.338 e. The molecule has 1 aliphatic rings. The first-order valence-corrected chi connectivity index (χ1v) is 6.64. The minimum Gasteiger partial charge on any atom is -0.465 e. The van der Waals surface area contributed by atoms with Crippen LogP contribution < -0.4 is 5.32 Å². The molecule has 2 rings (SSSR count). The van der Waals surface area contributed by atoms with Gasteiger partial charge in [-0.15, -0.1) is 0 Å². The zero-order chi connectivity index (χ0) is 13.7. The maximum absolute atomic E-state index is 11.4. The van der Waals surface area contributed by atoms with Crippen LogP contribution in [0.4, 0.5) is 5.82 Å². The Labute approximate surface area is 113 Å². The number of pyridine rings is 1. The van der Waals surface area contributed by atoms with E-state index < -0.39 is 0 Å². The second kappa shape index (κ2) is 6.52. The van der Waals surface area contributed by atoms with Crippen LogP contribution in [0.3, 0.4) is 0 Å². The van der Waals surface area contributed by atoms with Crippen molar-refractivity contribution in [1.29, 1.82) is 0 Å². The third kappa shape index (κ3) is 3.44. The van der Waals surface area contributed by atoms with Crippen LogP contribution in [-0.2, 0) is 9.47 Å². The van der Waals surface area contributed by atoms with Crippen molar-refractivity contribution in [1.82, 2.24) is 4.98 Å². The quantitative estimate of drug-likeness (QED) is 0.825. The van der Waals surface area contributed by atoms with Gasteiger partial charge in [-0.25, -0.2) is 9.78 Å². The highest BCUT2D eigenvalue weighted by molar-refractivity contribution is 5.89. The van der Waals surface area contributed by atoms with Gasteiger partial charge >= 0.3 is 5.97 Å². The molecule has 1 aromatic rings. The monoisotopic (exact) mass is 264 g/mol. The molecular formula is C14H20N2O3. The molecule has 2 heterocycles. The number of methoxy groups -OCH3 is 1. The second-order valence-corrected chi connectivity index (χ2v) is 4.67. The van der Waals surface area contributed by atoms with Crippen molar-refractivity contribution in [3.05, 3.63) is 23.9 Å². The average Bonchev–Trinajstić information content (AvgIpc) is 2.92. The smallest absolute Gasteiger partial charge is 0.338 e. The first kappa shape index (κ1) is 13.8. The number of rotatable bonds is 5. The number of hydrogen-bond donors (Lipinski definition) is 1. The molecule has 1 aromatic heterocycles. The normalized spacial score (nSPS) is 22.2. The summed E-state index contributed by atoms with van der Waals surface area (Å²) in [6.07, 6.45) is 4.04. The van der Waals surface area contributed by atoms with E-state index in [1.165, 1.54) is 7.11 Å². The van der Waals surface area contributed by atoms with Crippen LogP contribution in [0.2, 0.25) is 0 Å². The maximum atomic E-state index is 11.4. The molecule has 104 valence electrons. The van der Waals surface area contributed by atoms with Crippen molar-refractivity contribution in [2.24, 2.45) is 5.92 Å². The van der Waals surface area contributed by atoms with Gasteiger partial charge in [0.25, 0.3) is 0 Å². The minimum atomic E-state index is -0.346. The molecule has 2 unspecified atom stereocenters. The minimum absolute atomic E-state index is 0.330. The third-order valence-electron chi connectivity index (χ3n) is 3.48. The van der Waals surface area contributed by atoms with E-state index in [1.54, 1.807) is 18.3 Å². The van der Waals surface area contributed by atoms with Crippen LogP contribution in [0.15, 0.2) is 18.3 Å². The Morgan fingerprint density at radius 1 is 1.63 bits per heavy atom. The standard InChI is InChI=1S/C14H20N2O3/c1-3-12-11(5-7-19-12)9-16-13-8-10(4-6-15-13)14(17)18-2/h4,6,8,11-12H,3,5,7,9H2,1-2H3,(H,15,16). The summed E-state index contributed by atoms with van der Waals surface area (Å²) in [5.41, 5.74) is 0.509. The molecule has 1 saturated heterocycles. The molecular weight excluding hydrogens is 244 g/mol. The lowest BCUT2D eigenvalue weighted by molar-refractivity contribution is 0.0600. The molecule has 5 heteroatoms. The predicted molar refractivity (Wildman–Crippen MR) is 72.2 cm³/mol. The van der Waals surface area contributed by atoms with Gasteiger partial charge in [-0.05, 0) is 25.0 Å². The highest BCUT2D eigenvalue weighted by Gasteiger charge is 2.26. The highest BCUT2D eigenvalue weighted by Crippen LogP contribution is 2.23. The first-order chi connectivity index (χ1) is 9.24. The van der Waals surface area contributed by atoms with Gasteiger partial charge in [0.2, 0.25) is 0 Å². The number of carbonyl (C=O) groups excluding carboxylic acids is 1. The molecule has 0 aromatic carbocycles. The van der Waals surface area contributed by atoms with Crippen molar-refractivity contribution in [2.75, 3.05) is 25.6 Å². The number of ether oxygens (including phenoxy) is 2. The van der Waals surface area contributed by atoms with Crippen LogP contribution >= 0.6 is 0 Å². The van der Waals surface area contributed by atoms with E-state index in [4.69, 9.17) is 4.74 Å². The van der Waals surface area contributed by atoms with Gasteiger partial charge in [-0.3, -0.25) is 0 Å². The Morgan fingerprint density at radius 2 is 2.47 bits per heavy atom. The molecule has 0 aliphatic carbocycles. The summed E-state index contributed by atoms with van der Waals surface area (Å²) in [4.78, 5) is 15.6. The molecule has 1 fully saturated rings. The molecule has 5 nitrogen and oxygen atoms in total. The number of nitrogens with one attached hydrogen (secondary N) is 1. The van der Waals surface area contributed by atoms with Crippen LogP contribution in [0.1, 0.15) is 30.1 Å². The molecule has 0 amide bonds. The number of esters is 1.